The second kappa shape index (κ2) is 3.68. The zero-order chi connectivity index (χ0) is 10.8. The Kier molecular flexibility index (Phi) is 2.37. The molecule has 1 heterocycles. The lowest BCUT2D eigenvalue weighted by Gasteiger charge is -2.02. The van der Waals surface area contributed by atoms with E-state index < -0.39 is 11.6 Å². The van der Waals surface area contributed by atoms with Gasteiger partial charge in [-0.1, -0.05) is 0 Å². The van der Waals surface area contributed by atoms with Crippen LogP contribution in [0.25, 0.3) is 0 Å². The fourth-order valence-corrected chi connectivity index (χ4v) is 1.33. The number of halogens is 2. The van der Waals surface area contributed by atoms with Crippen molar-refractivity contribution in [1.29, 1.82) is 0 Å². The number of aromatic nitrogens is 2. The molecule has 0 aliphatic heterocycles. The second-order valence-electron chi connectivity index (χ2n) is 3.17. The van der Waals surface area contributed by atoms with E-state index in [9.17, 15) is 8.78 Å². The number of nitrogens with zero attached hydrogens (tertiary/aromatic N) is 2. The van der Waals surface area contributed by atoms with E-state index in [-0.39, 0.29) is 12.3 Å². The van der Waals surface area contributed by atoms with E-state index in [2.05, 4.69) is 5.10 Å². The van der Waals surface area contributed by atoms with Gasteiger partial charge in [0.25, 0.3) is 0 Å². The Morgan fingerprint density at radius 2 is 1.87 bits per heavy atom. The first kappa shape index (κ1) is 9.64. The van der Waals surface area contributed by atoms with Crippen LogP contribution in [0, 0.1) is 11.6 Å². The molecule has 2 rings (SSSR count). The van der Waals surface area contributed by atoms with Crippen LogP contribution in [0.2, 0.25) is 0 Å². The van der Waals surface area contributed by atoms with E-state index in [0.717, 1.165) is 6.07 Å². The molecule has 1 aromatic heterocycles. The molecule has 0 spiro atoms. The first-order chi connectivity index (χ1) is 7.13. The van der Waals surface area contributed by atoms with Gasteiger partial charge in [0, 0.05) is 6.07 Å². The summed E-state index contributed by atoms with van der Waals surface area (Å²) in [6.45, 7) is 0.218. The van der Waals surface area contributed by atoms with Crippen LogP contribution >= 0.6 is 0 Å². The predicted octanol–water partition coefficient (Wildman–Crippen LogP) is 1.92. The molecular weight excluding hydrogens is 202 g/mol. The van der Waals surface area contributed by atoms with Gasteiger partial charge in [0.15, 0.2) is 5.75 Å². The van der Waals surface area contributed by atoms with Crippen molar-refractivity contribution in [2.45, 2.75) is 6.54 Å². The van der Waals surface area contributed by atoms with Crippen LogP contribution in [0.4, 0.5) is 8.78 Å². The Morgan fingerprint density at radius 3 is 2.40 bits per heavy atom. The summed E-state index contributed by atoms with van der Waals surface area (Å²) in [4.78, 5) is 0. The summed E-state index contributed by atoms with van der Waals surface area (Å²) in [5.74, 6) is -1.23. The van der Waals surface area contributed by atoms with E-state index in [4.69, 9.17) is 5.11 Å². The monoisotopic (exact) mass is 210 g/mol. The van der Waals surface area contributed by atoms with E-state index in [1.165, 1.54) is 29.2 Å². The summed E-state index contributed by atoms with van der Waals surface area (Å²) < 4.78 is 27.0. The molecule has 5 heteroatoms. The summed E-state index contributed by atoms with van der Waals surface area (Å²) in [6, 6.07) is 3.26. The minimum atomic E-state index is -0.624. The highest BCUT2D eigenvalue weighted by Crippen LogP contribution is 2.11. The number of rotatable bonds is 2. The van der Waals surface area contributed by atoms with Gasteiger partial charge in [-0.2, -0.15) is 5.10 Å². The second-order valence-corrected chi connectivity index (χ2v) is 3.17. The van der Waals surface area contributed by atoms with Crippen molar-refractivity contribution in [3.05, 3.63) is 47.8 Å². The standard InChI is InChI=1S/C10H8F2N2O/c11-8-1-7(2-9(12)3-8)5-14-6-10(15)4-13-14/h1-4,6,15H,5H2. The van der Waals surface area contributed by atoms with Crippen LogP contribution in [-0.2, 0) is 6.54 Å². The van der Waals surface area contributed by atoms with Gasteiger partial charge in [0.1, 0.15) is 11.6 Å². The fraction of sp³-hybridized carbons (Fsp3) is 0.100. The molecular formula is C10H8F2N2O. The topological polar surface area (TPSA) is 38.1 Å². The maximum atomic E-state index is 12.8. The van der Waals surface area contributed by atoms with Gasteiger partial charge in [0.05, 0.1) is 18.9 Å². The highest BCUT2D eigenvalue weighted by atomic mass is 19.1. The minimum absolute atomic E-state index is 0.0203. The first-order valence-electron chi connectivity index (χ1n) is 4.30. The molecule has 15 heavy (non-hydrogen) atoms. The van der Waals surface area contributed by atoms with Crippen LogP contribution in [0.3, 0.4) is 0 Å². The lowest BCUT2D eigenvalue weighted by molar-refractivity contribution is 0.474. The fourth-order valence-electron chi connectivity index (χ4n) is 1.33. The van der Waals surface area contributed by atoms with Crippen molar-refractivity contribution in [3.8, 4) is 5.75 Å². The SMILES string of the molecule is Oc1cnn(Cc2cc(F)cc(F)c2)c1. The summed E-state index contributed by atoms with van der Waals surface area (Å²) in [7, 11) is 0. The van der Waals surface area contributed by atoms with Gasteiger partial charge in [-0.25, -0.2) is 8.78 Å². The Labute approximate surface area is 84.6 Å². The molecule has 1 N–H and O–H groups in total. The Hall–Kier alpha value is -1.91. The van der Waals surface area contributed by atoms with Crippen LogP contribution < -0.4 is 0 Å². The lowest BCUT2D eigenvalue weighted by Crippen LogP contribution is -2.00. The highest BCUT2D eigenvalue weighted by molar-refractivity contribution is 5.19. The molecule has 0 saturated carbocycles. The average molecular weight is 210 g/mol. The van der Waals surface area contributed by atoms with Crippen molar-refractivity contribution >= 4 is 0 Å². The van der Waals surface area contributed by atoms with Crippen LogP contribution in [0.15, 0.2) is 30.6 Å². The molecule has 78 valence electrons. The Balaban J connectivity index is 2.24. The van der Waals surface area contributed by atoms with Crippen LogP contribution in [-0.4, -0.2) is 14.9 Å². The normalized spacial score (nSPS) is 10.5. The maximum absolute atomic E-state index is 12.8. The van der Waals surface area contributed by atoms with E-state index >= 15 is 0 Å². The maximum Gasteiger partial charge on any atom is 0.153 e. The van der Waals surface area contributed by atoms with Gasteiger partial charge in [-0.3, -0.25) is 4.68 Å². The third kappa shape index (κ3) is 2.31. The Bertz CT molecular complexity index is 462. The molecule has 0 aliphatic rings. The van der Waals surface area contributed by atoms with E-state index in [1.54, 1.807) is 0 Å². The number of aromatic hydroxyl groups is 1. The summed E-state index contributed by atoms with van der Waals surface area (Å²) >= 11 is 0. The Morgan fingerprint density at radius 1 is 1.20 bits per heavy atom. The van der Waals surface area contributed by atoms with Gasteiger partial charge in [-0.15, -0.1) is 0 Å². The molecule has 0 fully saturated rings. The van der Waals surface area contributed by atoms with E-state index in [0.29, 0.717) is 5.56 Å². The van der Waals surface area contributed by atoms with Crippen LogP contribution in [0.1, 0.15) is 5.56 Å². The van der Waals surface area contributed by atoms with Crippen molar-refractivity contribution in [2.75, 3.05) is 0 Å². The molecule has 3 nitrogen and oxygen atoms in total. The quantitative estimate of drug-likeness (QED) is 0.822. The molecule has 1 aromatic carbocycles. The summed E-state index contributed by atoms with van der Waals surface area (Å²) in [5, 5.41) is 12.8. The summed E-state index contributed by atoms with van der Waals surface area (Å²) in [6.07, 6.45) is 2.64. The average Bonchev–Trinajstić information content (AvgIpc) is 2.49. The number of benzene rings is 1. The van der Waals surface area contributed by atoms with E-state index in [1.807, 2.05) is 0 Å². The molecule has 0 radical (unpaired) electrons. The van der Waals surface area contributed by atoms with Crippen LogP contribution in [0.5, 0.6) is 5.75 Å². The van der Waals surface area contributed by atoms with Gasteiger partial charge < -0.3 is 5.11 Å². The molecule has 0 bridgehead atoms. The minimum Gasteiger partial charge on any atom is -0.505 e. The number of hydrogen-bond donors (Lipinski definition) is 1. The molecule has 0 unspecified atom stereocenters. The van der Waals surface area contributed by atoms with Crippen molar-refractivity contribution in [1.82, 2.24) is 9.78 Å². The van der Waals surface area contributed by atoms with Crippen molar-refractivity contribution < 1.29 is 13.9 Å². The van der Waals surface area contributed by atoms with Gasteiger partial charge in [0.2, 0.25) is 0 Å². The molecule has 0 atom stereocenters. The zero-order valence-corrected chi connectivity index (χ0v) is 7.69. The smallest absolute Gasteiger partial charge is 0.153 e. The highest BCUT2D eigenvalue weighted by Gasteiger charge is 2.02. The number of hydrogen-bond acceptors (Lipinski definition) is 2. The molecule has 0 aliphatic carbocycles. The van der Waals surface area contributed by atoms with Gasteiger partial charge in [-0.05, 0) is 17.7 Å². The predicted molar refractivity (Wildman–Crippen MR) is 49.4 cm³/mol. The van der Waals surface area contributed by atoms with Crippen molar-refractivity contribution in [2.24, 2.45) is 0 Å². The lowest BCUT2D eigenvalue weighted by atomic mass is 10.2. The zero-order valence-electron chi connectivity index (χ0n) is 7.69. The third-order valence-corrected chi connectivity index (χ3v) is 1.89. The first-order valence-corrected chi connectivity index (χ1v) is 4.30. The van der Waals surface area contributed by atoms with Crippen molar-refractivity contribution in [3.63, 3.8) is 0 Å². The molecule has 0 saturated heterocycles. The molecule has 2 aromatic rings. The van der Waals surface area contributed by atoms with Gasteiger partial charge >= 0.3 is 0 Å². The largest absolute Gasteiger partial charge is 0.505 e. The summed E-state index contributed by atoms with van der Waals surface area (Å²) in [5.41, 5.74) is 0.454. The third-order valence-electron chi connectivity index (χ3n) is 1.89. The molecule has 0 amide bonds.